The van der Waals surface area contributed by atoms with Gasteiger partial charge in [0.25, 0.3) is 5.91 Å². The van der Waals surface area contributed by atoms with Crippen LogP contribution in [0.5, 0.6) is 5.75 Å². The molecule has 1 fully saturated rings. The topological polar surface area (TPSA) is 112 Å². The van der Waals surface area contributed by atoms with Crippen molar-refractivity contribution in [1.82, 2.24) is 5.32 Å². The minimum Gasteiger partial charge on any atom is -0.496 e. The number of benzene rings is 3. The minimum atomic E-state index is -1.05. The maximum atomic E-state index is 14.8. The summed E-state index contributed by atoms with van der Waals surface area (Å²) in [7, 11) is 1.60. The smallest absolute Gasteiger partial charge is 0.252 e. The van der Waals surface area contributed by atoms with Crippen molar-refractivity contribution in [2.75, 3.05) is 30.1 Å². The summed E-state index contributed by atoms with van der Waals surface area (Å²) < 4.78 is 11.3. The first-order valence-corrected chi connectivity index (χ1v) is 15.6. The Morgan fingerprint density at radius 2 is 1.80 bits per heavy atom. The molecule has 236 valence electrons. The van der Waals surface area contributed by atoms with Crippen LogP contribution in [0.25, 0.3) is 10.8 Å². The van der Waals surface area contributed by atoms with E-state index in [4.69, 9.17) is 9.47 Å². The van der Waals surface area contributed by atoms with Gasteiger partial charge in [-0.15, -0.1) is 0 Å². The second kappa shape index (κ2) is 12.9. The molecule has 0 unspecified atom stereocenters. The molecule has 0 spiro atoms. The Hall–Kier alpha value is -4.42. The van der Waals surface area contributed by atoms with Gasteiger partial charge in [0.05, 0.1) is 42.7 Å². The molecule has 2 aliphatic heterocycles. The first kappa shape index (κ1) is 32.0. The fraction of sp³-hybridized carbons (Fsp3) is 0.444. The first-order chi connectivity index (χ1) is 21.5. The van der Waals surface area contributed by atoms with E-state index in [1.165, 1.54) is 0 Å². The van der Waals surface area contributed by atoms with Gasteiger partial charge in [-0.2, -0.15) is 5.26 Å². The van der Waals surface area contributed by atoms with Crippen LogP contribution in [0.2, 0.25) is 0 Å². The summed E-state index contributed by atoms with van der Waals surface area (Å²) in [5.41, 5.74) is 1.77. The van der Waals surface area contributed by atoms with Crippen LogP contribution in [0.4, 0.5) is 11.4 Å². The van der Waals surface area contributed by atoms with Crippen molar-refractivity contribution >= 4 is 39.9 Å². The number of carbonyl (C=O) groups excluding carboxylic acids is 3. The second-order valence-electron chi connectivity index (χ2n) is 13.1. The van der Waals surface area contributed by atoms with Crippen LogP contribution in [-0.2, 0) is 25.7 Å². The van der Waals surface area contributed by atoms with Crippen LogP contribution in [0, 0.1) is 28.6 Å². The van der Waals surface area contributed by atoms with Gasteiger partial charge in [-0.05, 0) is 60.2 Å². The third kappa shape index (κ3) is 6.25. The van der Waals surface area contributed by atoms with Gasteiger partial charge in [-0.1, -0.05) is 58.0 Å². The van der Waals surface area contributed by atoms with Gasteiger partial charge < -0.3 is 24.6 Å². The van der Waals surface area contributed by atoms with Crippen molar-refractivity contribution < 1.29 is 23.9 Å². The molecule has 2 aliphatic rings. The average Bonchev–Trinajstić information content (AvgIpc) is 3.12. The molecular formula is C36H42N4O5. The second-order valence-corrected chi connectivity index (χ2v) is 13.1. The monoisotopic (exact) mass is 610 g/mol. The van der Waals surface area contributed by atoms with Gasteiger partial charge in [-0.3, -0.25) is 14.4 Å². The number of nitriles is 1. The fourth-order valence-electron chi connectivity index (χ4n) is 6.18. The van der Waals surface area contributed by atoms with E-state index in [2.05, 4.69) is 11.4 Å². The summed E-state index contributed by atoms with van der Waals surface area (Å²) in [6.45, 7) is 10.7. The van der Waals surface area contributed by atoms with Gasteiger partial charge in [-0.25, -0.2) is 0 Å². The lowest BCUT2D eigenvalue weighted by Crippen LogP contribution is -2.59. The molecule has 3 aromatic rings. The molecule has 2 heterocycles. The SMILES string of the molecule is COc1ccc2ccccc2c1CN1C(=O)[C@@H](NC(=O)[C@@H](C)C(C)(C)C)[C@H](C)N(C(=O)C2CCOCC2)c2cc(C#N)ccc21. The van der Waals surface area contributed by atoms with Crippen molar-refractivity contribution in [3.05, 3.63) is 65.7 Å². The lowest BCUT2D eigenvalue weighted by Gasteiger charge is -2.36. The van der Waals surface area contributed by atoms with Gasteiger partial charge in [0, 0.05) is 30.6 Å². The molecule has 0 aromatic heterocycles. The third-order valence-corrected chi connectivity index (χ3v) is 9.41. The Labute approximate surface area is 265 Å². The number of ether oxygens (including phenoxy) is 2. The quantitative estimate of drug-likeness (QED) is 0.390. The number of hydrogen-bond acceptors (Lipinski definition) is 6. The molecule has 5 rings (SSSR count). The molecule has 9 heteroatoms. The Balaban J connectivity index is 1.70. The Morgan fingerprint density at radius 1 is 1.09 bits per heavy atom. The van der Waals surface area contributed by atoms with Gasteiger partial charge in [0.1, 0.15) is 11.8 Å². The summed E-state index contributed by atoms with van der Waals surface area (Å²) >= 11 is 0. The molecule has 1 N–H and O–H groups in total. The Bertz CT molecular complexity index is 1650. The maximum absolute atomic E-state index is 14.8. The van der Waals surface area contributed by atoms with Crippen molar-refractivity contribution in [3.8, 4) is 11.8 Å². The van der Waals surface area contributed by atoms with Crippen molar-refractivity contribution in [3.63, 3.8) is 0 Å². The van der Waals surface area contributed by atoms with Crippen molar-refractivity contribution in [1.29, 1.82) is 5.26 Å². The van der Waals surface area contributed by atoms with Crippen molar-refractivity contribution in [2.45, 2.75) is 66.1 Å². The van der Waals surface area contributed by atoms with Crippen molar-refractivity contribution in [2.24, 2.45) is 17.3 Å². The number of methoxy groups -OCH3 is 1. The lowest BCUT2D eigenvalue weighted by molar-refractivity contribution is -0.133. The molecule has 0 bridgehead atoms. The normalized spacial score (nSPS) is 19.8. The van der Waals surface area contributed by atoms with E-state index in [-0.39, 0.29) is 35.6 Å². The average molecular weight is 611 g/mol. The number of carbonyl (C=O) groups is 3. The van der Waals surface area contributed by atoms with Crippen LogP contribution >= 0.6 is 0 Å². The number of anilines is 2. The lowest BCUT2D eigenvalue weighted by atomic mass is 9.81. The van der Waals surface area contributed by atoms with E-state index in [1.807, 2.05) is 64.1 Å². The summed E-state index contributed by atoms with van der Waals surface area (Å²) in [6.07, 6.45) is 1.11. The van der Waals surface area contributed by atoms with Crippen LogP contribution in [0.3, 0.4) is 0 Å². The largest absolute Gasteiger partial charge is 0.496 e. The molecule has 3 atom stereocenters. The number of hydrogen-bond donors (Lipinski definition) is 1. The van der Waals surface area contributed by atoms with E-state index in [9.17, 15) is 19.6 Å². The number of rotatable bonds is 6. The Kier molecular flexibility index (Phi) is 9.17. The predicted octanol–water partition coefficient (Wildman–Crippen LogP) is 5.58. The van der Waals surface area contributed by atoms with Gasteiger partial charge in [0.2, 0.25) is 11.8 Å². The summed E-state index contributed by atoms with van der Waals surface area (Å²) in [5, 5.41) is 14.8. The molecule has 1 saturated heterocycles. The number of nitrogens with zero attached hydrogens (tertiary/aromatic N) is 3. The van der Waals surface area contributed by atoms with Crippen LogP contribution in [0.1, 0.15) is 58.6 Å². The minimum absolute atomic E-state index is 0.121. The zero-order valence-corrected chi connectivity index (χ0v) is 26.9. The zero-order chi connectivity index (χ0) is 32.5. The summed E-state index contributed by atoms with van der Waals surface area (Å²) in [5.74, 6) is -0.865. The zero-order valence-electron chi connectivity index (χ0n) is 26.9. The molecule has 0 radical (unpaired) electrons. The molecular weight excluding hydrogens is 568 g/mol. The molecule has 3 amide bonds. The highest BCUT2D eigenvalue weighted by Crippen LogP contribution is 2.41. The maximum Gasteiger partial charge on any atom is 0.252 e. The summed E-state index contributed by atoms with van der Waals surface area (Å²) in [6, 6.07) is 17.2. The highest BCUT2D eigenvalue weighted by atomic mass is 16.5. The molecule has 0 saturated carbocycles. The summed E-state index contributed by atoms with van der Waals surface area (Å²) in [4.78, 5) is 46.1. The van der Waals surface area contributed by atoms with E-state index in [0.717, 1.165) is 16.3 Å². The number of fused-ring (bicyclic) bond motifs is 2. The fourth-order valence-corrected chi connectivity index (χ4v) is 6.18. The molecule has 0 aliphatic carbocycles. The molecule has 45 heavy (non-hydrogen) atoms. The number of amides is 3. The van der Waals surface area contributed by atoms with Crippen LogP contribution in [-0.4, -0.2) is 50.1 Å². The Morgan fingerprint density at radius 3 is 2.47 bits per heavy atom. The predicted molar refractivity (Wildman–Crippen MR) is 174 cm³/mol. The van der Waals surface area contributed by atoms with E-state index in [0.29, 0.717) is 48.7 Å². The first-order valence-electron chi connectivity index (χ1n) is 15.6. The van der Waals surface area contributed by atoms with E-state index < -0.39 is 18.0 Å². The van der Waals surface area contributed by atoms with Gasteiger partial charge >= 0.3 is 0 Å². The van der Waals surface area contributed by atoms with Gasteiger partial charge in [0.15, 0.2) is 0 Å². The van der Waals surface area contributed by atoms with E-state index in [1.54, 1.807) is 42.0 Å². The number of nitrogens with one attached hydrogen (secondary N) is 1. The van der Waals surface area contributed by atoms with Crippen LogP contribution < -0.4 is 19.9 Å². The van der Waals surface area contributed by atoms with E-state index >= 15 is 0 Å². The third-order valence-electron chi connectivity index (χ3n) is 9.41. The van der Waals surface area contributed by atoms with Crippen LogP contribution in [0.15, 0.2) is 54.6 Å². The molecule has 3 aromatic carbocycles. The standard InChI is InChI=1S/C36H42N4O5/c1-22(36(3,4)5)33(41)38-32-23(2)40(34(42)26-15-17-45-18-16-26)30-19-24(20-37)11-13-29(30)39(35(32)43)21-28-27-10-8-7-9-25(27)12-14-31(28)44-6/h7-14,19,22-23,26,32H,15-18,21H2,1-6H3,(H,38,41)/t22-,23+,32+/m1/s1. The highest BCUT2D eigenvalue weighted by Gasteiger charge is 2.45. The molecule has 9 nitrogen and oxygen atoms in total. The highest BCUT2D eigenvalue weighted by molar-refractivity contribution is 6.09.